The summed E-state index contributed by atoms with van der Waals surface area (Å²) >= 11 is 6.66. The number of halogens is 1. The first kappa shape index (κ1) is 20.7. The van der Waals surface area contributed by atoms with Crippen molar-refractivity contribution in [2.75, 3.05) is 24.5 Å². The van der Waals surface area contributed by atoms with Gasteiger partial charge in [-0.2, -0.15) is 0 Å². The van der Waals surface area contributed by atoms with Crippen LogP contribution in [-0.2, 0) is 4.79 Å². The predicted molar refractivity (Wildman–Crippen MR) is 121 cm³/mol. The number of carbonyl (C=O) groups excluding carboxylic acids is 1. The molecule has 2 aromatic heterocycles. The molecular formula is C24H29ClN4O2. The lowest BCUT2D eigenvalue weighted by Gasteiger charge is -2.41. The van der Waals surface area contributed by atoms with Crippen LogP contribution in [0.4, 0.5) is 5.82 Å². The minimum absolute atomic E-state index is 0.198. The number of likely N-dealkylation sites (tertiary alicyclic amines) is 1. The third-order valence-electron chi connectivity index (χ3n) is 7.35. The maximum atomic E-state index is 13.5. The number of rotatable bonds is 3. The predicted octanol–water partition coefficient (Wildman–Crippen LogP) is 3.92. The molecule has 2 aromatic rings. The van der Waals surface area contributed by atoms with Crippen LogP contribution < -0.4 is 4.90 Å². The van der Waals surface area contributed by atoms with Crippen LogP contribution in [0.5, 0.6) is 0 Å². The topological polar surface area (TPSA) is 69.6 Å². The number of aromatic nitrogens is 2. The Labute approximate surface area is 188 Å². The minimum Gasteiger partial charge on any atom is -0.393 e. The zero-order chi connectivity index (χ0) is 21.4. The van der Waals surface area contributed by atoms with Gasteiger partial charge in [0.1, 0.15) is 5.82 Å². The van der Waals surface area contributed by atoms with Gasteiger partial charge in [0.25, 0.3) is 0 Å². The molecule has 2 aliphatic heterocycles. The molecule has 0 unspecified atom stereocenters. The molecule has 4 heterocycles. The average Bonchev–Trinajstić information content (AvgIpc) is 3.10. The molecule has 1 saturated carbocycles. The number of anilines is 1. The normalized spacial score (nSPS) is 29.0. The molecule has 6 nitrogen and oxygen atoms in total. The molecule has 2 saturated heterocycles. The Morgan fingerprint density at radius 1 is 1.10 bits per heavy atom. The van der Waals surface area contributed by atoms with Crippen LogP contribution in [0.25, 0.3) is 11.1 Å². The maximum absolute atomic E-state index is 13.5. The Hall–Kier alpha value is -2.18. The van der Waals surface area contributed by atoms with E-state index in [1.807, 2.05) is 24.4 Å². The highest BCUT2D eigenvalue weighted by Crippen LogP contribution is 2.44. The van der Waals surface area contributed by atoms with Crippen molar-refractivity contribution in [3.05, 3.63) is 41.8 Å². The number of aliphatic hydroxyl groups is 1. The summed E-state index contributed by atoms with van der Waals surface area (Å²) in [7, 11) is 0. The fourth-order valence-electron chi connectivity index (χ4n) is 5.61. The van der Waals surface area contributed by atoms with Crippen molar-refractivity contribution in [3.63, 3.8) is 0 Å². The first-order valence-electron chi connectivity index (χ1n) is 11.4. The number of hydrogen-bond donors (Lipinski definition) is 1. The number of hydrogen-bond acceptors (Lipinski definition) is 5. The summed E-state index contributed by atoms with van der Waals surface area (Å²) in [6.45, 7) is 2.37. The number of amides is 1. The molecule has 1 atom stereocenters. The fraction of sp³-hybridized carbons (Fsp3) is 0.542. The van der Waals surface area contributed by atoms with Crippen LogP contribution in [0.15, 0.2) is 36.8 Å². The molecule has 164 valence electrons. The highest BCUT2D eigenvalue weighted by Gasteiger charge is 2.51. The molecule has 1 spiro atoms. The van der Waals surface area contributed by atoms with Gasteiger partial charge in [-0.15, -0.1) is 0 Å². The van der Waals surface area contributed by atoms with E-state index in [0.29, 0.717) is 17.5 Å². The van der Waals surface area contributed by atoms with Gasteiger partial charge in [0.15, 0.2) is 0 Å². The first-order valence-corrected chi connectivity index (χ1v) is 11.7. The number of nitrogens with zero attached hydrogens (tertiary/aromatic N) is 4. The Balaban J connectivity index is 1.33. The summed E-state index contributed by atoms with van der Waals surface area (Å²) < 4.78 is 0. The van der Waals surface area contributed by atoms with E-state index in [1.54, 1.807) is 12.4 Å². The largest absolute Gasteiger partial charge is 0.393 e. The van der Waals surface area contributed by atoms with Gasteiger partial charge in [-0.3, -0.25) is 9.78 Å². The molecule has 31 heavy (non-hydrogen) atoms. The van der Waals surface area contributed by atoms with Gasteiger partial charge in [-0.05, 0) is 57.1 Å². The van der Waals surface area contributed by atoms with Crippen LogP contribution in [0.3, 0.4) is 0 Å². The Morgan fingerprint density at radius 3 is 2.68 bits per heavy atom. The van der Waals surface area contributed by atoms with Crippen molar-refractivity contribution in [2.24, 2.45) is 5.41 Å². The molecule has 3 fully saturated rings. The van der Waals surface area contributed by atoms with Crippen LogP contribution in [0, 0.1) is 5.41 Å². The van der Waals surface area contributed by atoms with Crippen molar-refractivity contribution < 1.29 is 9.90 Å². The third kappa shape index (κ3) is 3.92. The molecule has 1 aliphatic carbocycles. The van der Waals surface area contributed by atoms with Crippen LogP contribution >= 0.6 is 11.6 Å². The van der Waals surface area contributed by atoms with Gasteiger partial charge in [0, 0.05) is 55.4 Å². The first-order chi connectivity index (χ1) is 15.1. The van der Waals surface area contributed by atoms with Gasteiger partial charge in [0.05, 0.1) is 16.5 Å². The fourth-order valence-corrected chi connectivity index (χ4v) is 5.90. The van der Waals surface area contributed by atoms with Gasteiger partial charge in [-0.1, -0.05) is 17.7 Å². The Morgan fingerprint density at radius 2 is 1.94 bits per heavy atom. The van der Waals surface area contributed by atoms with Crippen LogP contribution in [0.2, 0.25) is 5.02 Å². The molecule has 1 amide bonds. The lowest BCUT2D eigenvalue weighted by atomic mass is 9.78. The lowest BCUT2D eigenvalue weighted by Crippen LogP contribution is -2.50. The molecular weight excluding hydrogens is 412 g/mol. The molecule has 0 bridgehead atoms. The average molecular weight is 441 g/mol. The zero-order valence-corrected chi connectivity index (χ0v) is 18.5. The summed E-state index contributed by atoms with van der Waals surface area (Å²) in [5.41, 5.74) is 1.59. The summed E-state index contributed by atoms with van der Waals surface area (Å²) in [6.07, 6.45) is 11.4. The van der Waals surface area contributed by atoms with E-state index >= 15 is 0 Å². The number of aliphatic hydroxyl groups excluding tert-OH is 1. The molecule has 1 N–H and O–H groups in total. The maximum Gasteiger partial charge on any atom is 0.230 e. The van der Waals surface area contributed by atoms with E-state index in [0.717, 1.165) is 75.0 Å². The molecule has 5 rings (SSSR count). The van der Waals surface area contributed by atoms with Crippen LogP contribution in [0.1, 0.15) is 44.9 Å². The Kier molecular flexibility index (Phi) is 5.61. The second-order valence-electron chi connectivity index (χ2n) is 9.29. The number of piperidine rings is 1. The second kappa shape index (κ2) is 8.40. The van der Waals surface area contributed by atoms with Crippen molar-refractivity contribution in [1.29, 1.82) is 0 Å². The SMILES string of the molecule is O=C1N([C@H]2CC[C@@H](O)CC2)CC[C@@]12CCCN(c1ncc(-c3cccnc3)cc1Cl)C2. The van der Waals surface area contributed by atoms with Gasteiger partial charge in [-0.25, -0.2) is 4.98 Å². The molecule has 0 aromatic carbocycles. The zero-order valence-electron chi connectivity index (χ0n) is 17.7. The van der Waals surface area contributed by atoms with E-state index in [4.69, 9.17) is 11.6 Å². The highest BCUT2D eigenvalue weighted by molar-refractivity contribution is 6.33. The smallest absolute Gasteiger partial charge is 0.230 e. The van der Waals surface area contributed by atoms with E-state index in [9.17, 15) is 9.90 Å². The summed E-state index contributed by atoms with van der Waals surface area (Å²) in [4.78, 5) is 26.7. The van der Waals surface area contributed by atoms with Gasteiger partial charge < -0.3 is 14.9 Å². The van der Waals surface area contributed by atoms with Crippen molar-refractivity contribution in [2.45, 2.75) is 57.1 Å². The molecule has 3 aliphatic rings. The molecule has 0 radical (unpaired) electrons. The van der Waals surface area contributed by atoms with E-state index in [2.05, 4.69) is 19.8 Å². The van der Waals surface area contributed by atoms with Crippen LogP contribution in [-0.4, -0.2) is 57.7 Å². The summed E-state index contributed by atoms with van der Waals surface area (Å²) in [5, 5.41) is 10.4. The van der Waals surface area contributed by atoms with E-state index < -0.39 is 0 Å². The summed E-state index contributed by atoms with van der Waals surface area (Å²) in [5.74, 6) is 1.06. The Bertz CT molecular complexity index is 948. The quantitative estimate of drug-likeness (QED) is 0.783. The number of pyridine rings is 2. The highest BCUT2D eigenvalue weighted by atomic mass is 35.5. The monoisotopic (exact) mass is 440 g/mol. The van der Waals surface area contributed by atoms with Crippen molar-refractivity contribution in [3.8, 4) is 11.1 Å². The second-order valence-corrected chi connectivity index (χ2v) is 9.69. The standard InChI is InChI=1S/C24H29ClN4O2/c25-21-13-18(17-3-1-10-26-14-17)15-27-22(21)28-11-2-8-24(16-28)9-12-29(23(24)31)19-4-6-20(30)7-5-19/h1,3,10,13-15,19-20,30H,2,4-9,11-12,16H2/t19-,20+,24-/m1/s1. The van der Waals surface area contributed by atoms with Gasteiger partial charge >= 0.3 is 0 Å². The van der Waals surface area contributed by atoms with E-state index in [-0.39, 0.29) is 17.6 Å². The van der Waals surface area contributed by atoms with Gasteiger partial charge in [0.2, 0.25) is 5.91 Å². The minimum atomic E-state index is -0.332. The third-order valence-corrected chi connectivity index (χ3v) is 7.62. The van der Waals surface area contributed by atoms with Crippen molar-refractivity contribution >= 4 is 23.3 Å². The van der Waals surface area contributed by atoms with Crippen molar-refractivity contribution in [1.82, 2.24) is 14.9 Å². The number of carbonyl (C=O) groups is 1. The lowest BCUT2D eigenvalue weighted by molar-refractivity contribution is -0.139. The van der Waals surface area contributed by atoms with E-state index in [1.165, 1.54) is 0 Å². The molecule has 7 heteroatoms. The summed E-state index contributed by atoms with van der Waals surface area (Å²) in [6, 6.07) is 6.12.